The van der Waals surface area contributed by atoms with E-state index in [-0.39, 0.29) is 11.3 Å². The van der Waals surface area contributed by atoms with E-state index < -0.39 is 23.5 Å². The van der Waals surface area contributed by atoms with Crippen LogP contribution in [0.5, 0.6) is 5.75 Å². The van der Waals surface area contributed by atoms with Gasteiger partial charge in [-0.1, -0.05) is 30.7 Å². The summed E-state index contributed by atoms with van der Waals surface area (Å²) in [5, 5.41) is 11.2. The molecule has 1 N–H and O–H groups in total. The lowest BCUT2D eigenvalue weighted by Crippen LogP contribution is -2.30. The molecule has 1 fully saturated rings. The number of rotatable bonds is 5. The Labute approximate surface area is 167 Å². The topological polar surface area (TPSA) is 66.8 Å². The summed E-state index contributed by atoms with van der Waals surface area (Å²) in [6.07, 6.45) is 0.625. The number of ether oxygens (including phenoxy) is 1. The van der Waals surface area contributed by atoms with Crippen molar-refractivity contribution in [2.45, 2.75) is 19.4 Å². The molecule has 0 radical (unpaired) electrons. The third-order valence-electron chi connectivity index (χ3n) is 4.61. The highest BCUT2D eigenvalue weighted by atomic mass is 35.5. The SMILES string of the molecule is CCCN1C(=O)C(=O)/C(=C(\O)c2ccc(Cl)c(OC)c2)C1c1ccc(F)cc1. The normalized spacial score (nSPS) is 18.6. The van der Waals surface area contributed by atoms with Gasteiger partial charge in [-0.05, 0) is 42.3 Å². The molecule has 3 rings (SSSR count). The number of likely N-dealkylation sites (tertiary alicyclic amines) is 1. The average molecular weight is 404 g/mol. The number of nitrogens with zero attached hydrogens (tertiary/aromatic N) is 1. The summed E-state index contributed by atoms with van der Waals surface area (Å²) in [6, 6.07) is 9.28. The maximum absolute atomic E-state index is 13.4. The van der Waals surface area contributed by atoms with E-state index in [9.17, 15) is 19.1 Å². The Hall–Kier alpha value is -2.86. The third kappa shape index (κ3) is 3.47. The summed E-state index contributed by atoms with van der Waals surface area (Å²) in [5.74, 6) is -1.92. The molecule has 2 aromatic rings. The van der Waals surface area contributed by atoms with Gasteiger partial charge in [0.1, 0.15) is 17.3 Å². The minimum Gasteiger partial charge on any atom is -0.507 e. The minimum absolute atomic E-state index is 0.0468. The number of hydrogen-bond donors (Lipinski definition) is 1. The lowest BCUT2D eigenvalue weighted by molar-refractivity contribution is -0.139. The number of aliphatic hydroxyl groups is 1. The smallest absolute Gasteiger partial charge is 0.295 e. The zero-order chi connectivity index (χ0) is 20.4. The summed E-state index contributed by atoms with van der Waals surface area (Å²) < 4.78 is 18.5. The molecule has 1 heterocycles. The molecule has 146 valence electrons. The Morgan fingerprint density at radius 2 is 1.89 bits per heavy atom. The van der Waals surface area contributed by atoms with Crippen LogP contribution in [0.15, 0.2) is 48.0 Å². The Morgan fingerprint density at radius 3 is 2.50 bits per heavy atom. The van der Waals surface area contributed by atoms with E-state index in [1.54, 1.807) is 0 Å². The Balaban J connectivity index is 2.19. The molecule has 1 aliphatic rings. The third-order valence-corrected chi connectivity index (χ3v) is 4.93. The summed E-state index contributed by atoms with van der Waals surface area (Å²) in [6.45, 7) is 2.21. The van der Waals surface area contributed by atoms with Crippen molar-refractivity contribution >= 4 is 29.1 Å². The number of methoxy groups -OCH3 is 1. The van der Waals surface area contributed by atoms with Crippen LogP contribution in [-0.2, 0) is 9.59 Å². The number of hydrogen-bond acceptors (Lipinski definition) is 4. The van der Waals surface area contributed by atoms with Crippen molar-refractivity contribution in [3.63, 3.8) is 0 Å². The largest absolute Gasteiger partial charge is 0.507 e. The maximum Gasteiger partial charge on any atom is 0.295 e. The van der Waals surface area contributed by atoms with Crippen LogP contribution in [0.2, 0.25) is 5.02 Å². The van der Waals surface area contributed by atoms with Gasteiger partial charge >= 0.3 is 0 Å². The van der Waals surface area contributed by atoms with Crippen molar-refractivity contribution in [3.8, 4) is 5.75 Å². The molecule has 1 amide bonds. The molecule has 28 heavy (non-hydrogen) atoms. The molecule has 0 aromatic heterocycles. The van der Waals surface area contributed by atoms with E-state index >= 15 is 0 Å². The van der Waals surface area contributed by atoms with Crippen LogP contribution < -0.4 is 4.74 Å². The first-order valence-electron chi connectivity index (χ1n) is 8.76. The van der Waals surface area contributed by atoms with Gasteiger partial charge in [-0.3, -0.25) is 9.59 Å². The van der Waals surface area contributed by atoms with Crippen molar-refractivity contribution in [2.75, 3.05) is 13.7 Å². The van der Waals surface area contributed by atoms with Gasteiger partial charge in [0.25, 0.3) is 11.7 Å². The van der Waals surface area contributed by atoms with E-state index in [0.29, 0.717) is 34.9 Å². The number of aliphatic hydroxyl groups excluding tert-OH is 1. The molecule has 0 bridgehead atoms. The van der Waals surface area contributed by atoms with Gasteiger partial charge in [-0.15, -0.1) is 0 Å². The second kappa shape index (κ2) is 8.02. The van der Waals surface area contributed by atoms with Crippen LogP contribution in [0.3, 0.4) is 0 Å². The van der Waals surface area contributed by atoms with Gasteiger partial charge in [-0.2, -0.15) is 0 Å². The van der Waals surface area contributed by atoms with Crippen molar-refractivity contribution in [1.82, 2.24) is 4.90 Å². The van der Waals surface area contributed by atoms with Gasteiger partial charge in [0.2, 0.25) is 0 Å². The van der Waals surface area contributed by atoms with E-state index in [0.717, 1.165) is 0 Å². The van der Waals surface area contributed by atoms with Gasteiger partial charge < -0.3 is 14.7 Å². The number of amides is 1. The van der Waals surface area contributed by atoms with Gasteiger partial charge in [0.15, 0.2) is 0 Å². The molecule has 7 heteroatoms. The predicted octanol–water partition coefficient (Wildman–Crippen LogP) is 4.32. The predicted molar refractivity (Wildman–Crippen MR) is 104 cm³/mol. The Morgan fingerprint density at radius 1 is 1.21 bits per heavy atom. The van der Waals surface area contributed by atoms with Crippen LogP contribution in [-0.4, -0.2) is 35.4 Å². The van der Waals surface area contributed by atoms with E-state index in [1.165, 1.54) is 54.5 Å². The van der Waals surface area contributed by atoms with Crippen molar-refractivity contribution in [3.05, 3.63) is 70.0 Å². The Kier molecular flexibility index (Phi) is 5.70. The zero-order valence-corrected chi connectivity index (χ0v) is 16.2. The van der Waals surface area contributed by atoms with Crippen molar-refractivity contribution in [2.24, 2.45) is 0 Å². The highest BCUT2D eigenvalue weighted by Gasteiger charge is 2.45. The molecule has 0 spiro atoms. The standard InChI is InChI=1S/C21H19ClFNO4/c1-3-10-24-18(12-4-7-14(23)8-5-12)17(20(26)21(24)27)19(25)13-6-9-15(22)16(11-13)28-2/h4-9,11,18,25H,3,10H2,1-2H3/b19-17-. The zero-order valence-electron chi connectivity index (χ0n) is 15.4. The summed E-state index contributed by atoms with van der Waals surface area (Å²) >= 11 is 6.03. The fraction of sp³-hybridized carbons (Fsp3) is 0.238. The van der Waals surface area contributed by atoms with Crippen LogP contribution in [0.25, 0.3) is 5.76 Å². The molecule has 1 unspecified atom stereocenters. The summed E-state index contributed by atoms with van der Waals surface area (Å²) in [4.78, 5) is 26.7. The molecule has 2 aromatic carbocycles. The average Bonchev–Trinajstić information content (AvgIpc) is 2.94. The van der Waals surface area contributed by atoms with Gasteiger partial charge in [0, 0.05) is 12.1 Å². The fourth-order valence-electron chi connectivity index (χ4n) is 3.31. The number of halogens is 2. The van der Waals surface area contributed by atoms with E-state index in [2.05, 4.69) is 0 Å². The van der Waals surface area contributed by atoms with Gasteiger partial charge in [0.05, 0.1) is 23.7 Å². The van der Waals surface area contributed by atoms with Crippen LogP contribution in [0.4, 0.5) is 4.39 Å². The van der Waals surface area contributed by atoms with E-state index in [1.807, 2.05) is 6.92 Å². The summed E-state index contributed by atoms with van der Waals surface area (Å²) in [7, 11) is 1.43. The first-order chi connectivity index (χ1) is 13.4. The molecule has 1 saturated heterocycles. The van der Waals surface area contributed by atoms with Gasteiger partial charge in [-0.25, -0.2) is 4.39 Å². The summed E-state index contributed by atoms with van der Waals surface area (Å²) in [5.41, 5.74) is 0.786. The number of carbonyl (C=O) groups is 2. The van der Waals surface area contributed by atoms with Crippen LogP contribution in [0.1, 0.15) is 30.5 Å². The molecular formula is C21H19ClFNO4. The van der Waals surface area contributed by atoms with Crippen molar-refractivity contribution < 1.29 is 23.8 Å². The molecule has 0 saturated carbocycles. The highest BCUT2D eigenvalue weighted by molar-refractivity contribution is 6.46. The molecule has 1 aliphatic heterocycles. The Bertz CT molecular complexity index is 955. The first-order valence-corrected chi connectivity index (χ1v) is 9.14. The van der Waals surface area contributed by atoms with Crippen LogP contribution in [0, 0.1) is 5.82 Å². The molecule has 1 atom stereocenters. The first kappa shape index (κ1) is 19.9. The lowest BCUT2D eigenvalue weighted by Gasteiger charge is -2.24. The monoisotopic (exact) mass is 403 g/mol. The maximum atomic E-state index is 13.4. The van der Waals surface area contributed by atoms with Crippen LogP contribution >= 0.6 is 11.6 Å². The number of Topliss-reactive ketones (excluding diaryl/α,β-unsaturated/α-hetero) is 1. The minimum atomic E-state index is -0.803. The van der Waals surface area contributed by atoms with Crippen molar-refractivity contribution in [1.29, 1.82) is 0 Å². The van der Waals surface area contributed by atoms with E-state index in [4.69, 9.17) is 16.3 Å². The lowest BCUT2D eigenvalue weighted by atomic mass is 9.95. The quantitative estimate of drug-likeness (QED) is 0.458. The fourth-order valence-corrected chi connectivity index (χ4v) is 3.50. The number of ketones is 1. The second-order valence-electron chi connectivity index (χ2n) is 6.39. The molecule has 0 aliphatic carbocycles. The number of benzene rings is 2. The molecular weight excluding hydrogens is 385 g/mol. The number of carbonyl (C=O) groups excluding carboxylic acids is 2. The second-order valence-corrected chi connectivity index (χ2v) is 6.80. The molecule has 5 nitrogen and oxygen atoms in total. The highest BCUT2D eigenvalue weighted by Crippen LogP contribution is 2.40.